The monoisotopic (exact) mass is 396 g/mol. The van der Waals surface area contributed by atoms with Crippen LogP contribution in [0.5, 0.6) is 5.75 Å². The van der Waals surface area contributed by atoms with Crippen molar-refractivity contribution in [2.45, 2.75) is 13.5 Å². The predicted octanol–water partition coefficient (Wildman–Crippen LogP) is 3.93. The van der Waals surface area contributed by atoms with Gasteiger partial charge in [-0.25, -0.2) is 4.79 Å². The van der Waals surface area contributed by atoms with E-state index in [0.717, 1.165) is 26.1 Å². The summed E-state index contributed by atoms with van der Waals surface area (Å²) in [5, 5.41) is 5.68. The van der Waals surface area contributed by atoms with Crippen molar-refractivity contribution in [2.24, 2.45) is 0 Å². The van der Waals surface area contributed by atoms with Crippen LogP contribution >= 0.6 is 22.6 Å². The van der Waals surface area contributed by atoms with E-state index in [1.54, 1.807) is 7.11 Å². The Morgan fingerprint density at radius 3 is 2.76 bits per heavy atom. The first-order valence-corrected chi connectivity index (χ1v) is 7.60. The molecule has 0 heterocycles. The van der Waals surface area contributed by atoms with Gasteiger partial charge in [-0.2, -0.15) is 0 Å². The van der Waals surface area contributed by atoms with Crippen LogP contribution in [0.1, 0.15) is 11.1 Å². The molecule has 110 valence electrons. The summed E-state index contributed by atoms with van der Waals surface area (Å²) in [4.78, 5) is 11.9. The van der Waals surface area contributed by atoms with E-state index in [1.807, 2.05) is 49.4 Å². The lowest BCUT2D eigenvalue weighted by atomic mass is 10.2. The van der Waals surface area contributed by atoms with Crippen LogP contribution in [0.4, 0.5) is 10.5 Å². The molecule has 0 aliphatic rings. The molecule has 0 aliphatic carbocycles. The first-order valence-electron chi connectivity index (χ1n) is 6.52. The number of nitrogens with one attached hydrogen (secondary N) is 2. The highest BCUT2D eigenvalue weighted by Crippen LogP contribution is 2.17. The fraction of sp³-hybridized carbons (Fsp3) is 0.188. The Morgan fingerprint density at radius 2 is 2.05 bits per heavy atom. The van der Waals surface area contributed by atoms with E-state index in [1.165, 1.54) is 0 Å². The van der Waals surface area contributed by atoms with Gasteiger partial charge in [0.15, 0.2) is 0 Å². The standard InChI is InChI=1S/C16H17IN2O2/c1-11-8-13(17)6-7-15(11)19-16(20)18-10-12-4-3-5-14(9-12)21-2/h3-9H,10H2,1-2H3,(H2,18,19,20). The molecule has 2 rings (SSSR count). The maximum Gasteiger partial charge on any atom is 0.319 e. The average Bonchev–Trinajstić information content (AvgIpc) is 2.48. The molecule has 0 spiro atoms. The van der Waals surface area contributed by atoms with Gasteiger partial charge in [0.2, 0.25) is 0 Å². The Morgan fingerprint density at radius 1 is 1.24 bits per heavy atom. The van der Waals surface area contributed by atoms with Crippen LogP contribution in [0.15, 0.2) is 42.5 Å². The number of anilines is 1. The van der Waals surface area contributed by atoms with Crippen molar-refractivity contribution in [3.63, 3.8) is 0 Å². The fourth-order valence-corrected chi connectivity index (χ4v) is 2.55. The van der Waals surface area contributed by atoms with Crippen molar-refractivity contribution < 1.29 is 9.53 Å². The number of carbonyl (C=O) groups excluding carboxylic acids is 1. The van der Waals surface area contributed by atoms with Gasteiger partial charge in [0.05, 0.1) is 7.11 Å². The summed E-state index contributed by atoms with van der Waals surface area (Å²) < 4.78 is 6.30. The fourth-order valence-electron chi connectivity index (χ4n) is 1.90. The molecular weight excluding hydrogens is 379 g/mol. The third-order valence-corrected chi connectivity index (χ3v) is 3.69. The summed E-state index contributed by atoms with van der Waals surface area (Å²) in [7, 11) is 1.62. The lowest BCUT2D eigenvalue weighted by Gasteiger charge is -2.10. The lowest BCUT2D eigenvalue weighted by molar-refractivity contribution is 0.251. The molecule has 2 aromatic carbocycles. The van der Waals surface area contributed by atoms with E-state index in [9.17, 15) is 4.79 Å². The number of amides is 2. The highest BCUT2D eigenvalue weighted by atomic mass is 127. The average molecular weight is 396 g/mol. The van der Waals surface area contributed by atoms with Crippen molar-refractivity contribution in [1.82, 2.24) is 5.32 Å². The lowest BCUT2D eigenvalue weighted by Crippen LogP contribution is -2.28. The third-order valence-electron chi connectivity index (χ3n) is 3.02. The first-order chi connectivity index (χ1) is 10.1. The maximum atomic E-state index is 11.9. The van der Waals surface area contributed by atoms with Gasteiger partial charge in [0, 0.05) is 15.8 Å². The van der Waals surface area contributed by atoms with Gasteiger partial charge in [-0.3, -0.25) is 0 Å². The van der Waals surface area contributed by atoms with Crippen molar-refractivity contribution in [3.8, 4) is 5.75 Å². The number of aryl methyl sites for hydroxylation is 1. The Labute approximate surface area is 138 Å². The summed E-state index contributed by atoms with van der Waals surface area (Å²) in [5.41, 5.74) is 2.85. The molecule has 0 unspecified atom stereocenters. The largest absolute Gasteiger partial charge is 0.497 e. The molecule has 2 aromatic rings. The molecule has 0 bridgehead atoms. The van der Waals surface area contributed by atoms with Crippen LogP contribution in [-0.4, -0.2) is 13.1 Å². The van der Waals surface area contributed by atoms with Crippen LogP contribution in [0.25, 0.3) is 0 Å². The molecule has 0 atom stereocenters. The van der Waals surface area contributed by atoms with E-state index < -0.39 is 0 Å². The summed E-state index contributed by atoms with van der Waals surface area (Å²) in [6.07, 6.45) is 0. The second-order valence-corrected chi connectivity index (χ2v) is 5.86. The number of rotatable bonds is 4. The molecule has 0 radical (unpaired) electrons. The van der Waals surface area contributed by atoms with Crippen LogP contribution in [0, 0.1) is 10.5 Å². The second-order valence-electron chi connectivity index (χ2n) is 4.62. The second kappa shape index (κ2) is 7.31. The molecule has 0 aromatic heterocycles. The van der Waals surface area contributed by atoms with E-state index in [2.05, 4.69) is 33.2 Å². The molecule has 4 nitrogen and oxygen atoms in total. The van der Waals surface area contributed by atoms with Crippen molar-refractivity contribution in [2.75, 3.05) is 12.4 Å². The minimum Gasteiger partial charge on any atom is -0.497 e. The quantitative estimate of drug-likeness (QED) is 0.770. The molecule has 2 amide bonds. The Bertz CT molecular complexity index is 644. The van der Waals surface area contributed by atoms with Crippen molar-refractivity contribution in [3.05, 3.63) is 57.2 Å². The van der Waals surface area contributed by atoms with Crippen molar-refractivity contribution in [1.29, 1.82) is 0 Å². The summed E-state index contributed by atoms with van der Waals surface area (Å²) in [6.45, 7) is 2.42. The van der Waals surface area contributed by atoms with E-state index in [4.69, 9.17) is 4.74 Å². The molecule has 5 heteroatoms. The predicted molar refractivity (Wildman–Crippen MR) is 92.7 cm³/mol. The molecule has 0 aliphatic heterocycles. The molecule has 0 fully saturated rings. The molecular formula is C16H17IN2O2. The van der Waals surface area contributed by atoms with Crippen LogP contribution < -0.4 is 15.4 Å². The highest BCUT2D eigenvalue weighted by molar-refractivity contribution is 14.1. The number of carbonyl (C=O) groups is 1. The Kier molecular flexibility index (Phi) is 5.44. The molecule has 0 saturated heterocycles. The highest BCUT2D eigenvalue weighted by Gasteiger charge is 2.05. The van der Waals surface area contributed by atoms with E-state index in [-0.39, 0.29) is 6.03 Å². The van der Waals surface area contributed by atoms with Gasteiger partial charge >= 0.3 is 6.03 Å². The normalized spacial score (nSPS) is 10.0. The van der Waals surface area contributed by atoms with E-state index >= 15 is 0 Å². The van der Waals surface area contributed by atoms with Crippen LogP contribution in [-0.2, 0) is 6.54 Å². The smallest absolute Gasteiger partial charge is 0.319 e. The van der Waals surface area contributed by atoms with Gasteiger partial charge in [0.25, 0.3) is 0 Å². The van der Waals surface area contributed by atoms with Gasteiger partial charge in [-0.05, 0) is 71.0 Å². The van der Waals surface area contributed by atoms with Crippen molar-refractivity contribution >= 4 is 34.3 Å². The number of urea groups is 1. The first kappa shape index (κ1) is 15.6. The zero-order chi connectivity index (χ0) is 15.2. The Hall–Kier alpha value is -1.76. The number of benzene rings is 2. The minimum atomic E-state index is -0.220. The number of ether oxygens (including phenoxy) is 1. The summed E-state index contributed by atoms with van der Waals surface area (Å²) in [6, 6.07) is 13.3. The SMILES string of the molecule is COc1cccc(CNC(=O)Nc2ccc(I)cc2C)c1. The van der Waals surface area contributed by atoms with Gasteiger partial charge < -0.3 is 15.4 Å². The summed E-state index contributed by atoms with van der Waals surface area (Å²) in [5.74, 6) is 0.781. The number of methoxy groups -OCH3 is 1. The number of hydrogen-bond donors (Lipinski definition) is 2. The molecule has 0 saturated carbocycles. The van der Waals surface area contributed by atoms with Crippen LogP contribution in [0.2, 0.25) is 0 Å². The van der Waals surface area contributed by atoms with Gasteiger partial charge in [-0.15, -0.1) is 0 Å². The maximum absolute atomic E-state index is 11.9. The summed E-state index contributed by atoms with van der Waals surface area (Å²) >= 11 is 2.25. The van der Waals surface area contributed by atoms with Gasteiger partial charge in [-0.1, -0.05) is 12.1 Å². The molecule has 21 heavy (non-hydrogen) atoms. The van der Waals surface area contributed by atoms with Gasteiger partial charge in [0.1, 0.15) is 5.75 Å². The Balaban J connectivity index is 1.92. The zero-order valence-electron chi connectivity index (χ0n) is 11.9. The topological polar surface area (TPSA) is 50.4 Å². The molecule has 2 N–H and O–H groups in total. The van der Waals surface area contributed by atoms with Crippen LogP contribution in [0.3, 0.4) is 0 Å². The minimum absolute atomic E-state index is 0.220. The number of hydrogen-bond acceptors (Lipinski definition) is 2. The number of halogens is 1. The third kappa shape index (κ3) is 4.63. The van der Waals surface area contributed by atoms with E-state index in [0.29, 0.717) is 6.54 Å². The zero-order valence-corrected chi connectivity index (χ0v) is 14.1.